The number of aromatic hydroxyl groups is 1. The SMILES string of the molecule is CC(C)c1cccc(NC(N)=NCCc2cccc(O)c2)c1.I. The molecular weight excluding hydrogens is 401 g/mol. The van der Waals surface area contributed by atoms with E-state index < -0.39 is 0 Å². The standard InChI is InChI=1S/C18H23N3O.HI/c1-13(2)15-6-4-7-16(12-15)21-18(19)20-10-9-14-5-3-8-17(22)11-14;/h3-8,11-13,22H,9-10H2,1-2H3,(H3,19,20,21);1H. The van der Waals surface area contributed by atoms with E-state index in [0.29, 0.717) is 18.4 Å². The summed E-state index contributed by atoms with van der Waals surface area (Å²) in [5, 5.41) is 12.5. The lowest BCUT2D eigenvalue weighted by atomic mass is 10.0. The van der Waals surface area contributed by atoms with Gasteiger partial charge in [-0.2, -0.15) is 0 Å². The molecule has 0 aliphatic carbocycles. The summed E-state index contributed by atoms with van der Waals surface area (Å²) in [6.45, 7) is 4.89. The Labute approximate surface area is 154 Å². The highest BCUT2D eigenvalue weighted by atomic mass is 127. The van der Waals surface area contributed by atoms with Crippen molar-refractivity contribution in [2.75, 3.05) is 11.9 Å². The summed E-state index contributed by atoms with van der Waals surface area (Å²) in [6, 6.07) is 15.4. The maximum absolute atomic E-state index is 9.41. The first kappa shape index (κ1) is 19.3. The van der Waals surface area contributed by atoms with Crippen LogP contribution in [0.3, 0.4) is 0 Å². The Morgan fingerprint density at radius 1 is 1.17 bits per heavy atom. The van der Waals surface area contributed by atoms with Crippen molar-refractivity contribution < 1.29 is 5.11 Å². The molecule has 23 heavy (non-hydrogen) atoms. The third-order valence-electron chi connectivity index (χ3n) is 3.42. The molecule has 2 aromatic carbocycles. The zero-order valence-corrected chi connectivity index (χ0v) is 15.8. The molecule has 0 aliphatic heterocycles. The van der Waals surface area contributed by atoms with E-state index in [9.17, 15) is 5.11 Å². The summed E-state index contributed by atoms with van der Waals surface area (Å²) in [7, 11) is 0. The van der Waals surface area contributed by atoms with E-state index in [-0.39, 0.29) is 29.7 Å². The van der Waals surface area contributed by atoms with Gasteiger partial charge in [-0.05, 0) is 47.7 Å². The molecule has 0 aromatic heterocycles. The van der Waals surface area contributed by atoms with Crippen LogP contribution in [0.4, 0.5) is 5.69 Å². The number of nitrogens with zero attached hydrogens (tertiary/aromatic N) is 1. The Balaban J connectivity index is 0.00000264. The molecule has 2 rings (SSSR count). The van der Waals surface area contributed by atoms with Gasteiger partial charge in [0.05, 0.1) is 0 Å². The van der Waals surface area contributed by atoms with E-state index in [1.807, 2.05) is 24.3 Å². The van der Waals surface area contributed by atoms with Crippen molar-refractivity contribution in [3.8, 4) is 5.75 Å². The fourth-order valence-corrected chi connectivity index (χ4v) is 2.18. The zero-order valence-electron chi connectivity index (χ0n) is 13.5. The predicted molar refractivity (Wildman–Crippen MR) is 108 cm³/mol. The molecule has 0 saturated heterocycles. The second-order valence-corrected chi connectivity index (χ2v) is 5.59. The highest BCUT2D eigenvalue weighted by Gasteiger charge is 2.01. The van der Waals surface area contributed by atoms with E-state index in [4.69, 9.17) is 5.73 Å². The minimum Gasteiger partial charge on any atom is -0.508 e. The van der Waals surface area contributed by atoms with Crippen LogP contribution in [0.2, 0.25) is 0 Å². The van der Waals surface area contributed by atoms with E-state index in [0.717, 1.165) is 17.7 Å². The summed E-state index contributed by atoms with van der Waals surface area (Å²) in [6.07, 6.45) is 0.739. The molecule has 0 saturated carbocycles. The number of guanidine groups is 1. The Bertz CT molecular complexity index is 656. The first-order chi connectivity index (χ1) is 10.5. The quantitative estimate of drug-likeness (QED) is 0.384. The number of phenols is 1. The average Bonchev–Trinajstić information content (AvgIpc) is 2.47. The zero-order chi connectivity index (χ0) is 15.9. The van der Waals surface area contributed by atoms with Gasteiger partial charge < -0.3 is 16.2 Å². The number of benzene rings is 2. The molecule has 2 aromatic rings. The number of hydrogen-bond donors (Lipinski definition) is 3. The van der Waals surface area contributed by atoms with Gasteiger partial charge in [0.15, 0.2) is 5.96 Å². The first-order valence-corrected chi connectivity index (χ1v) is 7.49. The smallest absolute Gasteiger partial charge is 0.193 e. The van der Waals surface area contributed by atoms with Crippen molar-refractivity contribution in [1.82, 2.24) is 0 Å². The van der Waals surface area contributed by atoms with Crippen molar-refractivity contribution in [1.29, 1.82) is 0 Å². The van der Waals surface area contributed by atoms with Gasteiger partial charge in [0.2, 0.25) is 0 Å². The number of nitrogens with one attached hydrogen (secondary N) is 1. The van der Waals surface area contributed by atoms with Crippen molar-refractivity contribution >= 4 is 35.6 Å². The number of phenolic OH excluding ortho intramolecular Hbond substituents is 1. The molecular formula is C18H24IN3O. The molecule has 0 unspecified atom stereocenters. The van der Waals surface area contributed by atoms with Gasteiger partial charge in [-0.3, -0.25) is 4.99 Å². The first-order valence-electron chi connectivity index (χ1n) is 7.49. The van der Waals surface area contributed by atoms with Gasteiger partial charge in [0.25, 0.3) is 0 Å². The molecule has 0 aliphatic rings. The van der Waals surface area contributed by atoms with Crippen LogP contribution in [0.5, 0.6) is 5.75 Å². The number of anilines is 1. The number of halogens is 1. The van der Waals surface area contributed by atoms with Gasteiger partial charge in [-0.15, -0.1) is 24.0 Å². The van der Waals surface area contributed by atoms with Crippen LogP contribution in [-0.4, -0.2) is 17.6 Å². The van der Waals surface area contributed by atoms with Crippen molar-refractivity contribution in [3.05, 3.63) is 59.7 Å². The van der Waals surface area contributed by atoms with E-state index in [1.165, 1.54) is 5.56 Å². The molecule has 0 radical (unpaired) electrons. The van der Waals surface area contributed by atoms with Gasteiger partial charge >= 0.3 is 0 Å². The predicted octanol–water partition coefficient (Wildman–Crippen LogP) is 4.10. The van der Waals surface area contributed by atoms with Gasteiger partial charge in [0.1, 0.15) is 5.75 Å². The number of hydrogen-bond acceptors (Lipinski definition) is 2. The van der Waals surface area contributed by atoms with Gasteiger partial charge in [-0.1, -0.05) is 38.1 Å². The third-order valence-corrected chi connectivity index (χ3v) is 3.42. The van der Waals surface area contributed by atoms with Gasteiger partial charge in [-0.25, -0.2) is 0 Å². The minimum absolute atomic E-state index is 0. The molecule has 0 fully saturated rings. The van der Waals surface area contributed by atoms with Crippen molar-refractivity contribution in [2.24, 2.45) is 10.7 Å². The van der Waals surface area contributed by atoms with Crippen LogP contribution in [0.15, 0.2) is 53.5 Å². The van der Waals surface area contributed by atoms with Gasteiger partial charge in [0, 0.05) is 12.2 Å². The highest BCUT2D eigenvalue weighted by Crippen LogP contribution is 2.18. The molecule has 124 valence electrons. The molecule has 4 N–H and O–H groups in total. The summed E-state index contributed by atoms with van der Waals surface area (Å²) < 4.78 is 0. The normalized spacial score (nSPS) is 11.2. The molecule has 0 heterocycles. The lowest BCUT2D eigenvalue weighted by Crippen LogP contribution is -2.23. The Morgan fingerprint density at radius 3 is 2.61 bits per heavy atom. The van der Waals surface area contributed by atoms with E-state index in [1.54, 1.807) is 12.1 Å². The third kappa shape index (κ3) is 6.48. The Morgan fingerprint density at radius 2 is 1.91 bits per heavy atom. The van der Waals surface area contributed by atoms with Crippen LogP contribution in [0.1, 0.15) is 30.9 Å². The molecule has 5 heteroatoms. The monoisotopic (exact) mass is 425 g/mol. The van der Waals surface area contributed by atoms with Crippen molar-refractivity contribution in [3.63, 3.8) is 0 Å². The lowest BCUT2D eigenvalue weighted by Gasteiger charge is -2.10. The van der Waals surface area contributed by atoms with Crippen LogP contribution < -0.4 is 11.1 Å². The summed E-state index contributed by atoms with van der Waals surface area (Å²) >= 11 is 0. The fraction of sp³-hybridized carbons (Fsp3) is 0.278. The molecule has 0 amide bonds. The largest absolute Gasteiger partial charge is 0.508 e. The maximum atomic E-state index is 9.41. The highest BCUT2D eigenvalue weighted by molar-refractivity contribution is 14.0. The Kier molecular flexibility index (Phi) is 7.88. The van der Waals surface area contributed by atoms with Crippen LogP contribution in [-0.2, 0) is 6.42 Å². The molecule has 4 nitrogen and oxygen atoms in total. The Hall–Kier alpha value is -1.76. The summed E-state index contributed by atoms with van der Waals surface area (Å²) in [4.78, 5) is 4.32. The summed E-state index contributed by atoms with van der Waals surface area (Å²) in [5.41, 5.74) is 9.17. The van der Waals surface area contributed by atoms with Crippen LogP contribution >= 0.6 is 24.0 Å². The topological polar surface area (TPSA) is 70.6 Å². The fourth-order valence-electron chi connectivity index (χ4n) is 2.18. The van der Waals surface area contributed by atoms with Crippen LogP contribution in [0.25, 0.3) is 0 Å². The molecule has 0 atom stereocenters. The second kappa shape index (κ2) is 9.39. The maximum Gasteiger partial charge on any atom is 0.193 e. The summed E-state index contributed by atoms with van der Waals surface area (Å²) in [5.74, 6) is 1.16. The lowest BCUT2D eigenvalue weighted by molar-refractivity contribution is 0.474. The van der Waals surface area contributed by atoms with E-state index in [2.05, 4.69) is 36.3 Å². The molecule has 0 spiro atoms. The van der Waals surface area contributed by atoms with Crippen LogP contribution in [0, 0.1) is 0 Å². The number of rotatable bonds is 5. The van der Waals surface area contributed by atoms with E-state index >= 15 is 0 Å². The number of aliphatic imine (C=N–C) groups is 1. The van der Waals surface area contributed by atoms with Crippen molar-refractivity contribution in [2.45, 2.75) is 26.2 Å². The second-order valence-electron chi connectivity index (χ2n) is 5.59. The molecule has 0 bridgehead atoms. The number of nitrogens with two attached hydrogens (primary N) is 1. The minimum atomic E-state index is 0. The average molecular weight is 425 g/mol.